The van der Waals surface area contributed by atoms with Crippen LogP contribution in [0.2, 0.25) is 0 Å². The molecular weight excluding hydrogens is 272 g/mol. The highest BCUT2D eigenvalue weighted by molar-refractivity contribution is 6.18. The lowest BCUT2D eigenvalue weighted by Crippen LogP contribution is -2.26. The molecule has 0 aliphatic carbocycles. The molecule has 1 saturated heterocycles. The molecule has 20 heavy (non-hydrogen) atoms. The summed E-state index contributed by atoms with van der Waals surface area (Å²) in [6.07, 6.45) is 3.70. The molecule has 1 aliphatic heterocycles. The van der Waals surface area contributed by atoms with E-state index in [2.05, 4.69) is 18.2 Å². The van der Waals surface area contributed by atoms with Crippen LogP contribution >= 0.6 is 11.6 Å². The molecule has 2 aromatic rings. The van der Waals surface area contributed by atoms with Crippen molar-refractivity contribution in [1.29, 1.82) is 0 Å². The Morgan fingerprint density at radius 1 is 1.15 bits per heavy atom. The van der Waals surface area contributed by atoms with Gasteiger partial charge in [0.25, 0.3) is 0 Å². The molecule has 0 bridgehead atoms. The fraction of sp³-hybridized carbons (Fsp3) is 0.412. The Hall–Kier alpha value is -1.25. The van der Waals surface area contributed by atoms with Crippen molar-refractivity contribution in [3.05, 3.63) is 42.0 Å². The van der Waals surface area contributed by atoms with Crippen LogP contribution in [0, 0.1) is 0 Å². The van der Waals surface area contributed by atoms with Crippen LogP contribution < -0.4 is 4.74 Å². The molecule has 1 atom stereocenters. The maximum Gasteiger partial charge on any atom is 0.124 e. The fourth-order valence-electron chi connectivity index (χ4n) is 2.71. The van der Waals surface area contributed by atoms with Crippen LogP contribution in [0.4, 0.5) is 0 Å². The number of benzene rings is 2. The van der Waals surface area contributed by atoms with Crippen molar-refractivity contribution in [3.8, 4) is 5.75 Å². The number of fused-ring (bicyclic) bond motifs is 1. The Morgan fingerprint density at radius 2 is 2.05 bits per heavy atom. The van der Waals surface area contributed by atoms with E-state index in [4.69, 9.17) is 21.1 Å². The van der Waals surface area contributed by atoms with Crippen molar-refractivity contribution in [2.45, 2.75) is 31.2 Å². The Balaban J connectivity index is 1.80. The van der Waals surface area contributed by atoms with E-state index in [1.807, 2.05) is 18.2 Å². The minimum Gasteiger partial charge on any atom is -0.491 e. The van der Waals surface area contributed by atoms with E-state index in [9.17, 15) is 0 Å². The molecule has 3 rings (SSSR count). The summed E-state index contributed by atoms with van der Waals surface area (Å²) in [7, 11) is 0. The zero-order valence-corrected chi connectivity index (χ0v) is 12.2. The molecule has 2 aromatic carbocycles. The molecular formula is C17H19ClO2. The van der Waals surface area contributed by atoms with Gasteiger partial charge in [-0.3, -0.25) is 0 Å². The first-order chi connectivity index (χ1) is 9.88. The Bertz CT molecular complexity index is 576. The lowest BCUT2D eigenvalue weighted by Gasteiger charge is -2.23. The zero-order chi connectivity index (χ0) is 13.8. The van der Waals surface area contributed by atoms with Crippen LogP contribution in [-0.2, 0) is 10.6 Å². The number of rotatable bonds is 4. The van der Waals surface area contributed by atoms with E-state index in [1.54, 1.807) is 0 Å². The molecule has 0 N–H and O–H groups in total. The standard InChI is InChI=1S/C17H19ClO2/c18-11-16-15-7-2-1-5-13(15)8-9-17(16)20-12-14-6-3-4-10-19-14/h1-2,5,7-9,14H,3-4,6,10-12H2. The second-order valence-corrected chi connectivity index (χ2v) is 5.46. The average molecular weight is 291 g/mol. The van der Waals surface area contributed by atoms with Gasteiger partial charge in [0, 0.05) is 12.2 Å². The Kier molecular flexibility index (Phi) is 4.44. The third-order valence-corrected chi connectivity index (χ3v) is 4.10. The molecule has 106 valence electrons. The molecule has 1 heterocycles. The van der Waals surface area contributed by atoms with Gasteiger partial charge in [-0.2, -0.15) is 0 Å². The highest BCUT2D eigenvalue weighted by atomic mass is 35.5. The quantitative estimate of drug-likeness (QED) is 0.771. The van der Waals surface area contributed by atoms with Crippen molar-refractivity contribution < 1.29 is 9.47 Å². The number of halogens is 1. The van der Waals surface area contributed by atoms with Gasteiger partial charge in [-0.05, 0) is 36.1 Å². The van der Waals surface area contributed by atoms with E-state index < -0.39 is 0 Å². The number of hydrogen-bond acceptors (Lipinski definition) is 2. The largest absolute Gasteiger partial charge is 0.491 e. The number of alkyl halides is 1. The Labute approximate surface area is 124 Å². The highest BCUT2D eigenvalue weighted by Crippen LogP contribution is 2.30. The minimum atomic E-state index is 0.221. The summed E-state index contributed by atoms with van der Waals surface area (Å²) < 4.78 is 11.7. The monoisotopic (exact) mass is 290 g/mol. The SMILES string of the molecule is ClCc1c(OCC2CCCCO2)ccc2ccccc12. The van der Waals surface area contributed by atoms with Crippen LogP contribution in [0.3, 0.4) is 0 Å². The van der Waals surface area contributed by atoms with Gasteiger partial charge < -0.3 is 9.47 Å². The van der Waals surface area contributed by atoms with Gasteiger partial charge in [0.15, 0.2) is 0 Å². The molecule has 1 unspecified atom stereocenters. The van der Waals surface area contributed by atoms with Gasteiger partial charge in [0.05, 0.1) is 12.0 Å². The lowest BCUT2D eigenvalue weighted by atomic mass is 10.0. The van der Waals surface area contributed by atoms with Gasteiger partial charge in [-0.15, -0.1) is 11.6 Å². The van der Waals surface area contributed by atoms with Gasteiger partial charge >= 0.3 is 0 Å². The van der Waals surface area contributed by atoms with E-state index >= 15 is 0 Å². The molecule has 1 fully saturated rings. The van der Waals surface area contributed by atoms with Gasteiger partial charge in [-0.1, -0.05) is 30.3 Å². The highest BCUT2D eigenvalue weighted by Gasteiger charge is 2.15. The van der Waals surface area contributed by atoms with Crippen LogP contribution in [0.15, 0.2) is 36.4 Å². The summed E-state index contributed by atoms with van der Waals surface area (Å²) >= 11 is 6.12. The van der Waals surface area contributed by atoms with Gasteiger partial charge in [-0.25, -0.2) is 0 Å². The summed E-state index contributed by atoms with van der Waals surface area (Å²) in [5.41, 5.74) is 1.07. The molecule has 1 aliphatic rings. The predicted molar refractivity (Wildman–Crippen MR) is 82.6 cm³/mol. The van der Waals surface area contributed by atoms with Crippen LogP contribution in [-0.4, -0.2) is 19.3 Å². The summed E-state index contributed by atoms with van der Waals surface area (Å²) in [6.45, 7) is 1.47. The lowest BCUT2D eigenvalue weighted by molar-refractivity contribution is -0.0111. The first kappa shape index (κ1) is 13.7. The van der Waals surface area contributed by atoms with Crippen molar-refractivity contribution in [2.75, 3.05) is 13.2 Å². The molecule has 0 saturated carbocycles. The third-order valence-electron chi connectivity index (χ3n) is 3.83. The average Bonchev–Trinajstić information content (AvgIpc) is 2.53. The molecule has 0 spiro atoms. The molecule has 2 nitrogen and oxygen atoms in total. The number of hydrogen-bond donors (Lipinski definition) is 0. The molecule has 0 amide bonds. The normalized spacial score (nSPS) is 19.1. The zero-order valence-electron chi connectivity index (χ0n) is 11.5. The van der Waals surface area contributed by atoms with Crippen molar-refractivity contribution in [3.63, 3.8) is 0 Å². The van der Waals surface area contributed by atoms with E-state index in [1.165, 1.54) is 23.6 Å². The smallest absolute Gasteiger partial charge is 0.124 e. The van der Waals surface area contributed by atoms with Crippen molar-refractivity contribution in [2.24, 2.45) is 0 Å². The maximum atomic E-state index is 6.12. The second kappa shape index (κ2) is 6.47. The van der Waals surface area contributed by atoms with Gasteiger partial charge in [0.2, 0.25) is 0 Å². The summed E-state index contributed by atoms with van der Waals surface area (Å²) in [5.74, 6) is 1.34. The maximum absolute atomic E-state index is 6.12. The van der Waals surface area contributed by atoms with Gasteiger partial charge in [0.1, 0.15) is 12.4 Å². The van der Waals surface area contributed by atoms with E-state index in [-0.39, 0.29) is 6.10 Å². The Morgan fingerprint density at radius 3 is 2.85 bits per heavy atom. The third kappa shape index (κ3) is 2.92. The minimum absolute atomic E-state index is 0.221. The predicted octanol–water partition coefficient (Wildman–Crippen LogP) is 4.53. The molecule has 3 heteroatoms. The van der Waals surface area contributed by atoms with E-state index in [0.717, 1.165) is 24.3 Å². The van der Waals surface area contributed by atoms with Crippen molar-refractivity contribution >= 4 is 22.4 Å². The molecule has 0 radical (unpaired) electrons. The van der Waals surface area contributed by atoms with Crippen LogP contribution in [0.5, 0.6) is 5.75 Å². The molecule has 0 aromatic heterocycles. The summed E-state index contributed by atoms with van der Waals surface area (Å²) in [5, 5.41) is 2.37. The summed E-state index contributed by atoms with van der Waals surface area (Å²) in [4.78, 5) is 0. The van der Waals surface area contributed by atoms with E-state index in [0.29, 0.717) is 12.5 Å². The van der Waals surface area contributed by atoms with Crippen molar-refractivity contribution in [1.82, 2.24) is 0 Å². The fourth-order valence-corrected chi connectivity index (χ4v) is 2.99. The second-order valence-electron chi connectivity index (χ2n) is 5.20. The summed E-state index contributed by atoms with van der Waals surface area (Å²) in [6, 6.07) is 12.4. The van der Waals surface area contributed by atoms with Crippen LogP contribution in [0.1, 0.15) is 24.8 Å². The van der Waals surface area contributed by atoms with Crippen LogP contribution in [0.25, 0.3) is 10.8 Å². The first-order valence-corrected chi connectivity index (χ1v) is 7.73. The topological polar surface area (TPSA) is 18.5 Å². The first-order valence-electron chi connectivity index (χ1n) is 7.19. The number of ether oxygens (including phenoxy) is 2.